The summed E-state index contributed by atoms with van der Waals surface area (Å²) in [7, 11) is 3.38. The minimum absolute atomic E-state index is 0.0278. The molecule has 9 nitrogen and oxygen atoms in total. The number of ether oxygens (including phenoxy) is 1. The van der Waals surface area contributed by atoms with Crippen molar-refractivity contribution in [1.82, 2.24) is 25.4 Å². The van der Waals surface area contributed by atoms with Gasteiger partial charge in [0.1, 0.15) is 12.4 Å². The number of hydrogen-bond donors (Lipinski definition) is 3. The Labute approximate surface area is 181 Å². The van der Waals surface area contributed by atoms with Crippen LogP contribution in [0.15, 0.2) is 29.3 Å². The zero-order valence-corrected chi connectivity index (χ0v) is 18.1. The van der Waals surface area contributed by atoms with Crippen LogP contribution in [-0.2, 0) is 29.1 Å². The van der Waals surface area contributed by atoms with Crippen molar-refractivity contribution < 1.29 is 9.53 Å². The normalized spacial score (nSPS) is 16.1. The number of aromatic nitrogens is 3. The maximum absolute atomic E-state index is 12.1. The van der Waals surface area contributed by atoms with Gasteiger partial charge in [0.25, 0.3) is 0 Å². The van der Waals surface area contributed by atoms with Crippen molar-refractivity contribution in [2.24, 2.45) is 4.99 Å². The molecule has 162 valence electrons. The Balaban J connectivity index is 1.37. The van der Waals surface area contributed by atoms with Crippen LogP contribution in [0, 0.1) is 0 Å². The van der Waals surface area contributed by atoms with Gasteiger partial charge in [-0.15, -0.1) is 0 Å². The van der Waals surface area contributed by atoms with Crippen LogP contribution in [0.4, 0.5) is 5.69 Å². The molecule has 0 radical (unpaired) electrons. The summed E-state index contributed by atoms with van der Waals surface area (Å²) in [5, 5.41) is 14.7. The molecule has 10 heteroatoms. The fraction of sp³-hybridized carbons (Fsp3) is 0.500. The fourth-order valence-corrected chi connectivity index (χ4v) is 3.40. The third-order valence-corrected chi connectivity index (χ3v) is 4.99. The average Bonchev–Trinajstić information content (AvgIpc) is 3.14. The second-order valence-corrected chi connectivity index (χ2v) is 7.53. The summed E-state index contributed by atoms with van der Waals surface area (Å²) < 4.78 is 7.04. The van der Waals surface area contributed by atoms with E-state index in [4.69, 9.17) is 16.3 Å². The summed E-state index contributed by atoms with van der Waals surface area (Å²) in [6.07, 6.45) is 2.92. The van der Waals surface area contributed by atoms with Crippen LogP contribution in [0.25, 0.3) is 0 Å². The molecule has 3 N–H and O–H groups in total. The molecule has 0 saturated heterocycles. The lowest BCUT2D eigenvalue weighted by atomic mass is 10.1. The molecular weight excluding hydrogens is 406 g/mol. The minimum Gasteiger partial charge on any atom is -0.377 e. The summed E-state index contributed by atoms with van der Waals surface area (Å²) in [5.41, 5.74) is 0.744. The summed E-state index contributed by atoms with van der Waals surface area (Å²) in [5.74, 6) is 2.40. The largest absolute Gasteiger partial charge is 0.377 e. The Morgan fingerprint density at radius 3 is 2.90 bits per heavy atom. The number of halogens is 1. The summed E-state index contributed by atoms with van der Waals surface area (Å²) in [6.45, 7) is 1.80. The van der Waals surface area contributed by atoms with Gasteiger partial charge in [0.2, 0.25) is 5.91 Å². The van der Waals surface area contributed by atoms with Gasteiger partial charge in [-0.05, 0) is 37.1 Å². The Kier molecular flexibility index (Phi) is 8.04. The highest BCUT2D eigenvalue weighted by molar-refractivity contribution is 6.30. The van der Waals surface area contributed by atoms with Crippen LogP contribution in [-0.4, -0.2) is 53.4 Å². The summed E-state index contributed by atoms with van der Waals surface area (Å²) in [4.78, 5) is 20.8. The SMILES string of the molecule is CN=C(NCCCC(=O)Nc1ccc(Cl)cc1)NC1CCc2nc(COC)nn2C1. The quantitative estimate of drug-likeness (QED) is 0.334. The van der Waals surface area contributed by atoms with Crippen molar-refractivity contribution in [3.05, 3.63) is 40.9 Å². The van der Waals surface area contributed by atoms with Gasteiger partial charge < -0.3 is 20.7 Å². The van der Waals surface area contributed by atoms with Crippen LogP contribution < -0.4 is 16.0 Å². The van der Waals surface area contributed by atoms with Gasteiger partial charge in [-0.3, -0.25) is 9.79 Å². The molecule has 0 bridgehead atoms. The number of guanidine groups is 1. The third-order valence-electron chi connectivity index (χ3n) is 4.74. The molecule has 1 aromatic carbocycles. The van der Waals surface area contributed by atoms with E-state index < -0.39 is 0 Å². The number of hydrogen-bond acceptors (Lipinski definition) is 5. The number of nitrogens with zero attached hydrogens (tertiary/aromatic N) is 4. The number of benzene rings is 1. The van der Waals surface area contributed by atoms with Crippen molar-refractivity contribution in [3.8, 4) is 0 Å². The molecule has 0 saturated carbocycles. The molecule has 30 heavy (non-hydrogen) atoms. The number of amides is 1. The predicted molar refractivity (Wildman–Crippen MR) is 117 cm³/mol. The first-order valence-corrected chi connectivity index (χ1v) is 10.4. The van der Waals surface area contributed by atoms with Gasteiger partial charge in [-0.1, -0.05) is 11.6 Å². The number of fused-ring (bicyclic) bond motifs is 1. The molecule has 2 heterocycles. The lowest BCUT2D eigenvalue weighted by Crippen LogP contribution is -2.47. The maximum atomic E-state index is 12.1. The zero-order chi connectivity index (χ0) is 21.3. The molecule has 1 unspecified atom stereocenters. The molecule has 1 aliphatic rings. The van der Waals surface area contributed by atoms with E-state index in [-0.39, 0.29) is 11.9 Å². The first-order valence-electron chi connectivity index (χ1n) is 10.0. The molecule has 0 aliphatic carbocycles. The van der Waals surface area contributed by atoms with Crippen molar-refractivity contribution in [3.63, 3.8) is 0 Å². The number of carbonyl (C=O) groups is 1. The Bertz CT molecular complexity index is 867. The van der Waals surface area contributed by atoms with E-state index in [9.17, 15) is 4.79 Å². The summed E-state index contributed by atoms with van der Waals surface area (Å²) >= 11 is 5.85. The number of methoxy groups -OCH3 is 1. The smallest absolute Gasteiger partial charge is 0.224 e. The van der Waals surface area contributed by atoms with Crippen LogP contribution in [0.2, 0.25) is 5.02 Å². The lowest BCUT2D eigenvalue weighted by molar-refractivity contribution is -0.116. The number of rotatable bonds is 8. The van der Waals surface area contributed by atoms with Crippen molar-refractivity contribution in [1.29, 1.82) is 0 Å². The molecule has 1 amide bonds. The van der Waals surface area contributed by atoms with Crippen LogP contribution in [0.3, 0.4) is 0 Å². The highest BCUT2D eigenvalue weighted by Crippen LogP contribution is 2.14. The Hall–Kier alpha value is -2.65. The molecule has 0 fully saturated rings. The van der Waals surface area contributed by atoms with Gasteiger partial charge in [-0.25, -0.2) is 9.67 Å². The molecule has 1 aliphatic heterocycles. The number of nitrogens with one attached hydrogen (secondary N) is 3. The van der Waals surface area contributed by atoms with E-state index in [1.807, 2.05) is 4.68 Å². The summed E-state index contributed by atoms with van der Waals surface area (Å²) in [6, 6.07) is 7.29. The van der Waals surface area contributed by atoms with E-state index >= 15 is 0 Å². The molecule has 0 spiro atoms. The molecule has 1 atom stereocenters. The highest BCUT2D eigenvalue weighted by Gasteiger charge is 2.22. The van der Waals surface area contributed by atoms with Gasteiger partial charge in [0, 0.05) is 50.3 Å². The average molecular weight is 434 g/mol. The molecule has 2 aromatic rings. The topological polar surface area (TPSA) is 105 Å². The van der Waals surface area contributed by atoms with E-state index in [2.05, 4.69) is 31.0 Å². The Morgan fingerprint density at radius 2 is 2.17 bits per heavy atom. The number of carbonyl (C=O) groups excluding carboxylic acids is 1. The second-order valence-electron chi connectivity index (χ2n) is 7.10. The molecule has 1 aromatic heterocycles. The molecule has 3 rings (SSSR count). The predicted octanol–water partition coefficient (Wildman–Crippen LogP) is 1.98. The van der Waals surface area contributed by atoms with Crippen molar-refractivity contribution in [2.45, 2.75) is 44.9 Å². The first kappa shape index (κ1) is 22.0. The fourth-order valence-electron chi connectivity index (χ4n) is 3.27. The van der Waals surface area contributed by atoms with Gasteiger partial charge >= 0.3 is 0 Å². The maximum Gasteiger partial charge on any atom is 0.224 e. The van der Waals surface area contributed by atoms with E-state index in [0.29, 0.717) is 36.8 Å². The second kappa shape index (κ2) is 10.9. The Morgan fingerprint density at radius 1 is 1.37 bits per heavy atom. The van der Waals surface area contributed by atoms with Gasteiger partial charge in [0.05, 0.1) is 6.54 Å². The number of anilines is 1. The monoisotopic (exact) mass is 433 g/mol. The van der Waals surface area contributed by atoms with Crippen molar-refractivity contribution in [2.75, 3.05) is 26.0 Å². The standard InChI is InChI=1S/C20H28ClN7O2/c1-22-20(23-11-3-4-19(29)24-15-7-5-14(21)6-8-15)25-16-9-10-18-26-17(13-30-2)27-28(18)12-16/h5-8,16H,3-4,9-13H2,1-2H3,(H,24,29)(H2,22,23,25). The minimum atomic E-state index is -0.0278. The third kappa shape index (κ3) is 6.43. The number of aliphatic imine (C=N–C) groups is 1. The van der Waals surface area contributed by atoms with Crippen LogP contribution >= 0.6 is 11.6 Å². The van der Waals surface area contributed by atoms with Crippen molar-refractivity contribution >= 4 is 29.2 Å². The van der Waals surface area contributed by atoms with E-state index in [0.717, 1.165) is 36.9 Å². The van der Waals surface area contributed by atoms with Crippen LogP contribution in [0.1, 0.15) is 30.9 Å². The van der Waals surface area contributed by atoms with Gasteiger partial charge in [-0.2, -0.15) is 5.10 Å². The molecular formula is C20H28ClN7O2. The van der Waals surface area contributed by atoms with E-state index in [1.54, 1.807) is 38.4 Å². The van der Waals surface area contributed by atoms with Crippen LogP contribution in [0.5, 0.6) is 0 Å². The highest BCUT2D eigenvalue weighted by atomic mass is 35.5. The van der Waals surface area contributed by atoms with E-state index in [1.165, 1.54) is 0 Å². The van der Waals surface area contributed by atoms with Gasteiger partial charge in [0.15, 0.2) is 11.8 Å². The first-order chi connectivity index (χ1) is 14.6. The number of aryl methyl sites for hydroxylation is 1. The zero-order valence-electron chi connectivity index (χ0n) is 17.3. The lowest BCUT2D eigenvalue weighted by Gasteiger charge is -2.25.